The Bertz CT molecular complexity index is 473. The molecule has 1 aromatic carbocycles. The van der Waals surface area contributed by atoms with Gasteiger partial charge < -0.3 is 4.90 Å². The van der Waals surface area contributed by atoms with Gasteiger partial charge in [0.1, 0.15) is 11.7 Å². The quantitative estimate of drug-likeness (QED) is 0.593. The normalized spacial score (nSPS) is 23.8. The van der Waals surface area contributed by atoms with Gasteiger partial charge in [0, 0.05) is 5.54 Å². The summed E-state index contributed by atoms with van der Waals surface area (Å²) in [6, 6.07) is 9.66. The second kappa shape index (κ2) is 4.23. The summed E-state index contributed by atoms with van der Waals surface area (Å²) in [7, 11) is 0. The molecular weight excluding hydrogens is 226 g/mol. The van der Waals surface area contributed by atoms with E-state index in [-0.39, 0.29) is 23.3 Å². The predicted octanol–water partition coefficient (Wildman–Crippen LogP) is 2.57. The Morgan fingerprint density at radius 1 is 1.17 bits per heavy atom. The van der Waals surface area contributed by atoms with Gasteiger partial charge in [0.15, 0.2) is 0 Å². The molecule has 2 unspecified atom stereocenters. The topological polar surface area (TPSA) is 37.4 Å². The van der Waals surface area contributed by atoms with Crippen molar-refractivity contribution in [1.29, 1.82) is 0 Å². The lowest BCUT2D eigenvalue weighted by Crippen LogP contribution is -2.63. The lowest BCUT2D eigenvalue weighted by atomic mass is 9.77. The van der Waals surface area contributed by atoms with Gasteiger partial charge in [-0.25, -0.2) is 0 Å². The number of amides is 1. The van der Waals surface area contributed by atoms with Crippen LogP contribution in [0.4, 0.5) is 0 Å². The minimum Gasteiger partial charge on any atom is -0.329 e. The fraction of sp³-hybridized carbons (Fsp3) is 0.467. The van der Waals surface area contributed by atoms with Crippen LogP contribution in [0.2, 0.25) is 0 Å². The zero-order valence-corrected chi connectivity index (χ0v) is 11.3. The second-order valence-corrected chi connectivity index (χ2v) is 5.82. The molecular formula is C15H19NO2. The van der Waals surface area contributed by atoms with Gasteiger partial charge in [-0.2, -0.15) is 0 Å². The van der Waals surface area contributed by atoms with Crippen molar-refractivity contribution in [2.45, 2.75) is 39.3 Å². The average Bonchev–Trinajstić information content (AvgIpc) is 2.24. The molecule has 3 heteroatoms. The predicted molar refractivity (Wildman–Crippen MR) is 70.0 cm³/mol. The van der Waals surface area contributed by atoms with Crippen LogP contribution < -0.4 is 0 Å². The second-order valence-electron chi connectivity index (χ2n) is 5.82. The Morgan fingerprint density at radius 2 is 1.72 bits per heavy atom. The van der Waals surface area contributed by atoms with E-state index >= 15 is 0 Å². The molecule has 1 aromatic rings. The van der Waals surface area contributed by atoms with Crippen LogP contribution in [0.5, 0.6) is 0 Å². The molecule has 1 fully saturated rings. The van der Waals surface area contributed by atoms with Gasteiger partial charge in [-0.05, 0) is 33.3 Å². The maximum atomic E-state index is 12.1. The van der Waals surface area contributed by atoms with Gasteiger partial charge >= 0.3 is 0 Å². The molecule has 0 aromatic heterocycles. The van der Waals surface area contributed by atoms with Gasteiger partial charge in [-0.1, -0.05) is 30.3 Å². The van der Waals surface area contributed by atoms with Gasteiger partial charge in [-0.3, -0.25) is 9.59 Å². The molecule has 0 aliphatic carbocycles. The maximum Gasteiger partial charge on any atom is 0.236 e. The van der Waals surface area contributed by atoms with Gasteiger partial charge in [0.2, 0.25) is 5.91 Å². The summed E-state index contributed by atoms with van der Waals surface area (Å²) in [5.41, 5.74) is 0.774. The standard InChI is InChI=1S/C15H19NO2/c1-10(17)12-13(11-8-6-5-7-9-11)16(14(12)18)15(2,3)4/h5-9,12-13H,1-4H3. The maximum absolute atomic E-state index is 12.1. The minimum atomic E-state index is -0.508. The molecule has 0 spiro atoms. The van der Waals surface area contributed by atoms with E-state index in [4.69, 9.17) is 0 Å². The Morgan fingerprint density at radius 3 is 2.17 bits per heavy atom. The van der Waals surface area contributed by atoms with E-state index < -0.39 is 5.92 Å². The molecule has 0 radical (unpaired) electrons. The van der Waals surface area contributed by atoms with Crippen LogP contribution in [0.15, 0.2) is 30.3 Å². The first kappa shape index (κ1) is 12.8. The molecule has 1 saturated heterocycles. The Kier molecular flexibility index (Phi) is 3.01. The molecule has 18 heavy (non-hydrogen) atoms. The van der Waals surface area contributed by atoms with E-state index in [1.807, 2.05) is 56.0 Å². The van der Waals surface area contributed by atoms with Crippen molar-refractivity contribution >= 4 is 11.7 Å². The minimum absolute atomic E-state index is 0.0469. The summed E-state index contributed by atoms with van der Waals surface area (Å²) in [5.74, 6) is -0.607. The third-order valence-electron chi connectivity index (χ3n) is 3.40. The number of likely N-dealkylation sites (tertiary alicyclic amines) is 1. The molecule has 1 amide bonds. The van der Waals surface area contributed by atoms with Crippen LogP contribution in [-0.2, 0) is 9.59 Å². The van der Waals surface area contributed by atoms with E-state index in [0.717, 1.165) is 5.56 Å². The number of nitrogens with zero attached hydrogens (tertiary/aromatic N) is 1. The molecule has 96 valence electrons. The zero-order chi connectivity index (χ0) is 13.5. The first-order valence-electron chi connectivity index (χ1n) is 6.22. The fourth-order valence-electron chi connectivity index (χ4n) is 2.62. The zero-order valence-electron chi connectivity index (χ0n) is 11.3. The Balaban J connectivity index is 2.40. The molecule has 0 N–H and O–H groups in total. The summed E-state index contributed by atoms with van der Waals surface area (Å²) in [5, 5.41) is 0. The van der Waals surface area contributed by atoms with E-state index in [9.17, 15) is 9.59 Å². The van der Waals surface area contributed by atoms with Crippen molar-refractivity contribution < 1.29 is 9.59 Å². The highest BCUT2D eigenvalue weighted by Gasteiger charge is 2.54. The van der Waals surface area contributed by atoms with Gasteiger partial charge in [0.25, 0.3) is 0 Å². The summed E-state index contributed by atoms with van der Waals surface area (Å²) < 4.78 is 0. The number of rotatable bonds is 2. The highest BCUT2D eigenvalue weighted by atomic mass is 16.2. The SMILES string of the molecule is CC(=O)C1C(=O)N(C(C)(C)C)C1c1ccccc1. The van der Waals surface area contributed by atoms with E-state index in [1.54, 1.807) is 0 Å². The summed E-state index contributed by atoms with van der Waals surface area (Å²) in [6.45, 7) is 7.49. The monoisotopic (exact) mass is 245 g/mol. The molecule has 3 nitrogen and oxygen atoms in total. The number of β-lactam (4-membered cyclic amide) rings is 1. The van der Waals surface area contributed by atoms with Crippen LogP contribution >= 0.6 is 0 Å². The molecule has 0 bridgehead atoms. The number of ketones is 1. The lowest BCUT2D eigenvalue weighted by molar-refractivity contribution is -0.170. The molecule has 1 heterocycles. The average molecular weight is 245 g/mol. The van der Waals surface area contributed by atoms with Gasteiger partial charge in [-0.15, -0.1) is 0 Å². The Labute approximate surface area is 108 Å². The first-order chi connectivity index (χ1) is 8.34. The Hall–Kier alpha value is -1.64. The summed E-state index contributed by atoms with van der Waals surface area (Å²) >= 11 is 0. The van der Waals surface area contributed by atoms with Crippen molar-refractivity contribution in [2.24, 2.45) is 5.92 Å². The third kappa shape index (κ3) is 1.94. The van der Waals surface area contributed by atoms with Crippen molar-refractivity contribution in [3.63, 3.8) is 0 Å². The van der Waals surface area contributed by atoms with Crippen molar-refractivity contribution in [1.82, 2.24) is 4.90 Å². The molecule has 1 aliphatic rings. The summed E-state index contributed by atoms with van der Waals surface area (Å²) in [6.07, 6.45) is 0. The van der Waals surface area contributed by atoms with Crippen LogP contribution in [0, 0.1) is 5.92 Å². The number of benzene rings is 1. The molecule has 2 atom stereocenters. The first-order valence-corrected chi connectivity index (χ1v) is 6.22. The fourth-order valence-corrected chi connectivity index (χ4v) is 2.62. The van der Waals surface area contributed by atoms with E-state index in [0.29, 0.717) is 0 Å². The van der Waals surface area contributed by atoms with Crippen LogP contribution in [0.25, 0.3) is 0 Å². The highest BCUT2D eigenvalue weighted by molar-refractivity contribution is 6.06. The summed E-state index contributed by atoms with van der Waals surface area (Å²) in [4.78, 5) is 25.6. The van der Waals surface area contributed by atoms with Crippen molar-refractivity contribution in [3.05, 3.63) is 35.9 Å². The van der Waals surface area contributed by atoms with Crippen LogP contribution in [0.3, 0.4) is 0 Å². The number of Topliss-reactive ketones (excluding diaryl/α,β-unsaturated/α-hetero) is 1. The smallest absolute Gasteiger partial charge is 0.236 e. The van der Waals surface area contributed by atoms with Crippen LogP contribution in [-0.4, -0.2) is 22.1 Å². The van der Waals surface area contributed by atoms with Crippen molar-refractivity contribution in [3.8, 4) is 0 Å². The number of hydrogen-bond acceptors (Lipinski definition) is 2. The molecule has 1 aliphatic heterocycles. The third-order valence-corrected chi connectivity index (χ3v) is 3.40. The van der Waals surface area contributed by atoms with E-state index in [1.165, 1.54) is 6.92 Å². The van der Waals surface area contributed by atoms with Gasteiger partial charge in [0.05, 0.1) is 6.04 Å². The number of hydrogen-bond donors (Lipinski definition) is 0. The highest BCUT2D eigenvalue weighted by Crippen LogP contribution is 2.44. The van der Waals surface area contributed by atoms with E-state index in [2.05, 4.69) is 0 Å². The lowest BCUT2D eigenvalue weighted by Gasteiger charge is -2.53. The van der Waals surface area contributed by atoms with Crippen LogP contribution in [0.1, 0.15) is 39.3 Å². The number of carbonyl (C=O) groups excluding carboxylic acids is 2. The molecule has 0 saturated carbocycles. The number of carbonyl (C=O) groups is 2. The molecule has 2 rings (SSSR count). The van der Waals surface area contributed by atoms with Crippen molar-refractivity contribution in [2.75, 3.05) is 0 Å². The largest absolute Gasteiger partial charge is 0.329 e.